The number of rotatable bonds is 5. The number of hydrazone groups is 1. The van der Waals surface area contributed by atoms with Crippen molar-refractivity contribution in [1.29, 1.82) is 0 Å². The van der Waals surface area contributed by atoms with E-state index in [0.717, 1.165) is 11.8 Å². The third-order valence-electron chi connectivity index (χ3n) is 4.98. The van der Waals surface area contributed by atoms with E-state index in [1.54, 1.807) is 48.5 Å². The van der Waals surface area contributed by atoms with E-state index in [1.807, 2.05) is 19.1 Å². The minimum Gasteiger partial charge on any atom is -0.463 e. The van der Waals surface area contributed by atoms with Crippen LogP contribution in [0.15, 0.2) is 93.4 Å². The van der Waals surface area contributed by atoms with Crippen LogP contribution in [0.4, 0.5) is 11.4 Å². The molecule has 4 aromatic rings. The molecule has 1 heterocycles. The third-order valence-corrected chi connectivity index (χ3v) is 4.98. The standard InChI is InChI=1S/C26H20N4O5/c1-16-7-6-8-18(13-16)28-24(32)19-9-2-4-11-21(19)29-25(33)26(34)30-27-14-17-15-35-22-12-5-3-10-20(22)23(17)31/h2-15H,1H3,(H,28,32)(H,29,33)(H,30,34). The van der Waals surface area contributed by atoms with Crippen molar-refractivity contribution in [3.05, 3.63) is 106 Å². The van der Waals surface area contributed by atoms with Gasteiger partial charge in [0.05, 0.1) is 28.4 Å². The van der Waals surface area contributed by atoms with Crippen LogP contribution in [0.25, 0.3) is 11.0 Å². The number of amides is 3. The highest BCUT2D eigenvalue weighted by atomic mass is 16.3. The van der Waals surface area contributed by atoms with Gasteiger partial charge < -0.3 is 15.1 Å². The van der Waals surface area contributed by atoms with Crippen molar-refractivity contribution in [2.75, 3.05) is 10.6 Å². The molecule has 9 heteroatoms. The van der Waals surface area contributed by atoms with E-state index in [-0.39, 0.29) is 22.2 Å². The highest BCUT2D eigenvalue weighted by Crippen LogP contribution is 2.18. The summed E-state index contributed by atoms with van der Waals surface area (Å²) >= 11 is 0. The molecule has 0 aliphatic rings. The number of aryl methyl sites for hydroxylation is 1. The Labute approximate surface area is 199 Å². The van der Waals surface area contributed by atoms with Crippen molar-refractivity contribution >= 4 is 46.3 Å². The molecule has 4 rings (SSSR count). The second kappa shape index (κ2) is 10.3. The van der Waals surface area contributed by atoms with E-state index in [0.29, 0.717) is 16.7 Å². The van der Waals surface area contributed by atoms with E-state index in [4.69, 9.17) is 4.42 Å². The molecule has 9 nitrogen and oxygen atoms in total. The Morgan fingerprint density at radius 1 is 0.886 bits per heavy atom. The maximum atomic E-state index is 12.7. The fourth-order valence-electron chi connectivity index (χ4n) is 3.28. The molecule has 0 aliphatic carbocycles. The number of hydrogen-bond donors (Lipinski definition) is 3. The molecule has 0 spiro atoms. The Balaban J connectivity index is 1.42. The van der Waals surface area contributed by atoms with Crippen LogP contribution < -0.4 is 21.5 Å². The molecule has 0 bridgehead atoms. The summed E-state index contributed by atoms with van der Waals surface area (Å²) in [6.45, 7) is 1.90. The molecule has 0 unspecified atom stereocenters. The van der Waals surface area contributed by atoms with Gasteiger partial charge >= 0.3 is 11.8 Å². The molecular weight excluding hydrogens is 448 g/mol. The van der Waals surface area contributed by atoms with Crippen LogP contribution in [0, 0.1) is 6.92 Å². The van der Waals surface area contributed by atoms with Crippen molar-refractivity contribution in [1.82, 2.24) is 5.43 Å². The van der Waals surface area contributed by atoms with Crippen LogP contribution >= 0.6 is 0 Å². The van der Waals surface area contributed by atoms with Gasteiger partial charge in [-0.15, -0.1) is 0 Å². The SMILES string of the molecule is Cc1cccc(NC(=O)c2ccccc2NC(=O)C(=O)NN=Cc2coc3ccccc3c2=O)c1. The van der Waals surface area contributed by atoms with Gasteiger partial charge in [-0.2, -0.15) is 5.10 Å². The molecule has 0 aliphatic heterocycles. The first-order chi connectivity index (χ1) is 16.9. The van der Waals surface area contributed by atoms with Gasteiger partial charge in [-0.1, -0.05) is 36.4 Å². The molecule has 1 aromatic heterocycles. The molecule has 0 radical (unpaired) electrons. The minimum atomic E-state index is -1.08. The van der Waals surface area contributed by atoms with E-state index in [1.165, 1.54) is 18.4 Å². The lowest BCUT2D eigenvalue weighted by Crippen LogP contribution is -2.33. The lowest BCUT2D eigenvalue weighted by Gasteiger charge is -2.11. The van der Waals surface area contributed by atoms with Crippen molar-refractivity contribution in [3.8, 4) is 0 Å². The summed E-state index contributed by atoms with van der Waals surface area (Å²) in [4.78, 5) is 49.7. The maximum absolute atomic E-state index is 12.7. The Morgan fingerprint density at radius 3 is 2.49 bits per heavy atom. The molecule has 3 aromatic carbocycles. The van der Waals surface area contributed by atoms with Crippen LogP contribution in [-0.4, -0.2) is 23.9 Å². The molecule has 0 saturated heterocycles. The van der Waals surface area contributed by atoms with Crippen molar-refractivity contribution < 1.29 is 18.8 Å². The summed E-state index contributed by atoms with van der Waals surface area (Å²) in [5.74, 6) is -2.57. The molecule has 0 fully saturated rings. The zero-order chi connectivity index (χ0) is 24.8. The van der Waals surface area contributed by atoms with Crippen LogP contribution in [0.1, 0.15) is 21.5 Å². The Morgan fingerprint density at radius 2 is 1.66 bits per heavy atom. The van der Waals surface area contributed by atoms with Gasteiger partial charge in [-0.3, -0.25) is 19.2 Å². The summed E-state index contributed by atoms with van der Waals surface area (Å²) in [6, 6.07) is 20.2. The number of nitrogens with one attached hydrogen (secondary N) is 3. The van der Waals surface area contributed by atoms with Crippen LogP contribution in [0.3, 0.4) is 0 Å². The maximum Gasteiger partial charge on any atom is 0.329 e. The molecule has 3 amide bonds. The first-order valence-electron chi connectivity index (χ1n) is 10.5. The number of fused-ring (bicyclic) bond motifs is 1. The van der Waals surface area contributed by atoms with Gasteiger partial charge in [0.2, 0.25) is 5.43 Å². The van der Waals surface area contributed by atoms with E-state index >= 15 is 0 Å². The van der Waals surface area contributed by atoms with Gasteiger partial charge in [-0.25, -0.2) is 5.43 Å². The average Bonchev–Trinajstić information content (AvgIpc) is 2.85. The van der Waals surface area contributed by atoms with Crippen molar-refractivity contribution in [2.24, 2.45) is 5.10 Å². The lowest BCUT2D eigenvalue weighted by atomic mass is 10.1. The Kier molecular flexibility index (Phi) is 6.78. The first-order valence-corrected chi connectivity index (χ1v) is 10.5. The fourth-order valence-corrected chi connectivity index (χ4v) is 3.28. The summed E-state index contributed by atoms with van der Waals surface area (Å²) in [6.07, 6.45) is 2.30. The number of hydrogen-bond acceptors (Lipinski definition) is 6. The first kappa shape index (κ1) is 23.1. The lowest BCUT2D eigenvalue weighted by molar-refractivity contribution is -0.136. The van der Waals surface area contributed by atoms with Gasteiger partial charge in [0.15, 0.2) is 0 Å². The largest absolute Gasteiger partial charge is 0.463 e. The normalized spacial score (nSPS) is 10.8. The number of benzene rings is 3. The van der Waals surface area contributed by atoms with E-state index < -0.39 is 17.7 Å². The smallest absolute Gasteiger partial charge is 0.329 e. The summed E-state index contributed by atoms with van der Waals surface area (Å²) in [7, 11) is 0. The molecular formula is C26H20N4O5. The Hall–Kier alpha value is -5.05. The number of para-hydroxylation sites is 2. The van der Waals surface area contributed by atoms with Gasteiger partial charge in [0, 0.05) is 5.69 Å². The Bertz CT molecular complexity index is 1520. The van der Waals surface area contributed by atoms with Crippen LogP contribution in [0.2, 0.25) is 0 Å². The average molecular weight is 468 g/mol. The second-order valence-corrected chi connectivity index (χ2v) is 7.54. The highest BCUT2D eigenvalue weighted by Gasteiger charge is 2.18. The molecule has 35 heavy (non-hydrogen) atoms. The predicted octanol–water partition coefficient (Wildman–Crippen LogP) is 3.44. The quantitative estimate of drug-likeness (QED) is 0.235. The van der Waals surface area contributed by atoms with E-state index in [2.05, 4.69) is 21.2 Å². The van der Waals surface area contributed by atoms with Gasteiger partial charge in [-0.05, 0) is 48.9 Å². The number of nitrogens with zero attached hydrogens (tertiary/aromatic N) is 1. The van der Waals surface area contributed by atoms with Crippen LogP contribution in [0.5, 0.6) is 0 Å². The van der Waals surface area contributed by atoms with Gasteiger partial charge in [0.1, 0.15) is 11.8 Å². The van der Waals surface area contributed by atoms with Crippen LogP contribution in [-0.2, 0) is 9.59 Å². The molecule has 174 valence electrons. The third kappa shape index (κ3) is 5.48. The predicted molar refractivity (Wildman–Crippen MR) is 132 cm³/mol. The highest BCUT2D eigenvalue weighted by molar-refractivity contribution is 6.40. The number of carbonyl (C=O) groups excluding carboxylic acids is 3. The molecule has 0 atom stereocenters. The fraction of sp³-hybridized carbons (Fsp3) is 0.0385. The number of carbonyl (C=O) groups is 3. The summed E-state index contributed by atoms with van der Waals surface area (Å²) < 4.78 is 5.37. The zero-order valence-corrected chi connectivity index (χ0v) is 18.6. The summed E-state index contributed by atoms with van der Waals surface area (Å²) in [5, 5.41) is 9.20. The number of anilines is 2. The van der Waals surface area contributed by atoms with Crippen molar-refractivity contribution in [2.45, 2.75) is 6.92 Å². The summed E-state index contributed by atoms with van der Waals surface area (Å²) in [5.41, 5.74) is 4.14. The minimum absolute atomic E-state index is 0.0996. The second-order valence-electron chi connectivity index (χ2n) is 7.54. The zero-order valence-electron chi connectivity index (χ0n) is 18.6. The van der Waals surface area contributed by atoms with E-state index in [9.17, 15) is 19.2 Å². The van der Waals surface area contributed by atoms with Gasteiger partial charge in [0.25, 0.3) is 5.91 Å². The molecule has 0 saturated carbocycles. The monoisotopic (exact) mass is 468 g/mol. The molecule has 3 N–H and O–H groups in total. The topological polar surface area (TPSA) is 130 Å². The van der Waals surface area contributed by atoms with Crippen molar-refractivity contribution in [3.63, 3.8) is 0 Å².